The number of benzene rings is 4. The normalized spacial score (nSPS) is 11.8. The number of carbonyl (C=O) groups excluding carboxylic acids is 2. The van der Waals surface area contributed by atoms with Crippen LogP contribution in [0.5, 0.6) is 23.0 Å². The number of amides is 2. The molecule has 2 amide bonds. The van der Waals surface area contributed by atoms with Gasteiger partial charge < -0.3 is 29.6 Å². The highest BCUT2D eigenvalue weighted by Crippen LogP contribution is 2.40. The van der Waals surface area contributed by atoms with E-state index in [1.165, 1.54) is 13.4 Å². The number of fused-ring (bicyclic) bond motifs is 1. The van der Waals surface area contributed by atoms with Crippen molar-refractivity contribution in [1.82, 2.24) is 4.98 Å². The van der Waals surface area contributed by atoms with Crippen LogP contribution in [-0.2, 0) is 22.8 Å². The molecule has 1 heterocycles. The molecule has 0 aliphatic rings. The minimum Gasteiger partial charge on any atom is -0.496 e. The van der Waals surface area contributed by atoms with Crippen molar-refractivity contribution in [3.05, 3.63) is 107 Å². The minimum absolute atomic E-state index is 0.0281. The smallest absolute Gasteiger partial charge is 0.323 e. The number of nitrogens with zero attached hydrogens (tertiary/aromatic N) is 1. The Morgan fingerprint density at radius 1 is 0.820 bits per heavy atom. The van der Waals surface area contributed by atoms with E-state index in [4.69, 9.17) is 14.2 Å². The second kappa shape index (κ2) is 15.4. The summed E-state index contributed by atoms with van der Waals surface area (Å²) in [7, 11) is 1.71. The van der Waals surface area contributed by atoms with Crippen LogP contribution in [-0.4, -0.2) is 41.5 Å². The van der Waals surface area contributed by atoms with Crippen LogP contribution in [0.3, 0.4) is 0 Å². The number of carbonyl (C=O) groups is 2. The molecule has 0 saturated carbocycles. The molecule has 5 aromatic rings. The molecule has 1 aromatic heterocycles. The van der Waals surface area contributed by atoms with E-state index in [1.807, 2.05) is 67.6 Å². The summed E-state index contributed by atoms with van der Waals surface area (Å²) >= 11 is 0. The Balaban J connectivity index is 1.37. The van der Waals surface area contributed by atoms with Crippen LogP contribution in [0.25, 0.3) is 10.8 Å². The third kappa shape index (κ3) is 8.41. The zero-order chi connectivity index (χ0) is 36.0. The lowest BCUT2D eigenvalue weighted by Gasteiger charge is -2.24. The molecule has 11 heteroatoms. The van der Waals surface area contributed by atoms with Gasteiger partial charge in [-0.25, -0.2) is 9.00 Å². The van der Waals surface area contributed by atoms with Crippen molar-refractivity contribution in [2.45, 2.75) is 46.0 Å². The summed E-state index contributed by atoms with van der Waals surface area (Å²) in [5, 5.41) is 7.47. The van der Waals surface area contributed by atoms with E-state index in [1.54, 1.807) is 31.5 Å². The van der Waals surface area contributed by atoms with Gasteiger partial charge in [0, 0.05) is 47.8 Å². The molecule has 0 radical (unpaired) electrons. The highest BCUT2D eigenvalue weighted by Gasteiger charge is 2.22. The third-order valence-electron chi connectivity index (χ3n) is 8.08. The first-order valence-electron chi connectivity index (χ1n) is 16.1. The Hall–Kier alpha value is -5.42. The van der Waals surface area contributed by atoms with Crippen molar-refractivity contribution in [2.75, 3.05) is 35.8 Å². The van der Waals surface area contributed by atoms with Gasteiger partial charge in [-0.15, -0.1) is 0 Å². The Kier molecular flexibility index (Phi) is 11.1. The minimum atomic E-state index is -1.35. The number of Topliss-reactive ketones (excluding diaryl/α,β-unsaturated/α-hetero) is 1. The number of urea groups is 1. The Morgan fingerprint density at radius 2 is 1.54 bits per heavy atom. The summed E-state index contributed by atoms with van der Waals surface area (Å²) in [5.74, 6) is 2.16. The number of aromatic nitrogens is 1. The van der Waals surface area contributed by atoms with Gasteiger partial charge in [0.1, 0.15) is 28.2 Å². The van der Waals surface area contributed by atoms with E-state index in [9.17, 15) is 13.8 Å². The average molecular weight is 695 g/mol. The zero-order valence-corrected chi connectivity index (χ0v) is 30.1. The third-order valence-corrected chi connectivity index (χ3v) is 8.59. The van der Waals surface area contributed by atoms with Gasteiger partial charge in [-0.3, -0.25) is 9.78 Å². The van der Waals surface area contributed by atoms with Gasteiger partial charge in [-0.2, -0.15) is 0 Å². The Morgan fingerprint density at radius 3 is 2.22 bits per heavy atom. The van der Waals surface area contributed by atoms with Crippen LogP contribution in [0.2, 0.25) is 0 Å². The molecule has 0 aliphatic carbocycles. The van der Waals surface area contributed by atoms with Crippen molar-refractivity contribution in [1.29, 1.82) is 0 Å². The molecular weight excluding hydrogens is 653 g/mol. The van der Waals surface area contributed by atoms with E-state index in [-0.39, 0.29) is 11.2 Å². The summed E-state index contributed by atoms with van der Waals surface area (Å²) in [4.78, 5) is 30.2. The highest BCUT2D eigenvalue weighted by atomic mass is 32.2. The van der Waals surface area contributed by atoms with Crippen LogP contribution in [0.1, 0.15) is 61.3 Å². The molecular formula is C39H42N4O6S. The van der Waals surface area contributed by atoms with E-state index in [0.29, 0.717) is 58.5 Å². The number of rotatable bonds is 12. The van der Waals surface area contributed by atoms with Crippen LogP contribution in [0.4, 0.5) is 21.9 Å². The van der Waals surface area contributed by atoms with Gasteiger partial charge in [0.25, 0.3) is 0 Å². The number of ketones is 1. The number of methoxy groups -OCH3 is 2. The summed E-state index contributed by atoms with van der Waals surface area (Å²) in [5.41, 5.74) is 4.52. The maximum absolute atomic E-state index is 13.4. The lowest BCUT2D eigenvalue weighted by atomic mass is 9.86. The molecule has 260 valence electrons. The number of hydrogen-bond acceptors (Lipinski definition) is 7. The number of nitrogens with one attached hydrogen (secondary N) is 3. The van der Waals surface area contributed by atoms with Crippen LogP contribution in [0.15, 0.2) is 85.1 Å². The maximum atomic E-state index is 13.4. The SMILES string of the molecule is CCC(=O)c1ccc(Cc2cc(Oc3ccc(NC(=O)Nc4cc(C(C)(C)C)cc(NS(C)=O)c4OC)c4ccccc34)ccn2)cc1OC. The van der Waals surface area contributed by atoms with Crippen molar-refractivity contribution in [2.24, 2.45) is 0 Å². The first kappa shape index (κ1) is 35.9. The molecule has 4 aromatic carbocycles. The molecule has 1 unspecified atom stereocenters. The summed E-state index contributed by atoms with van der Waals surface area (Å²) in [6.07, 6.45) is 4.15. The van der Waals surface area contributed by atoms with E-state index in [0.717, 1.165) is 27.6 Å². The molecule has 5 rings (SSSR count). The average Bonchev–Trinajstić information content (AvgIpc) is 3.08. The monoisotopic (exact) mass is 694 g/mol. The van der Waals surface area contributed by atoms with Crippen molar-refractivity contribution >= 4 is 50.6 Å². The van der Waals surface area contributed by atoms with Gasteiger partial charge >= 0.3 is 6.03 Å². The molecule has 0 fully saturated rings. The fraction of sp³-hybridized carbons (Fsp3) is 0.256. The second-order valence-corrected chi connectivity index (χ2v) is 13.8. The molecule has 0 aliphatic heterocycles. The molecule has 10 nitrogen and oxygen atoms in total. The molecule has 0 saturated heterocycles. The van der Waals surface area contributed by atoms with Crippen molar-refractivity contribution in [3.8, 4) is 23.0 Å². The first-order chi connectivity index (χ1) is 23.9. The van der Waals surface area contributed by atoms with Crippen LogP contribution >= 0.6 is 0 Å². The second-order valence-electron chi connectivity index (χ2n) is 12.7. The number of pyridine rings is 1. The zero-order valence-electron chi connectivity index (χ0n) is 29.3. The van der Waals surface area contributed by atoms with E-state index >= 15 is 0 Å². The number of ether oxygens (including phenoxy) is 3. The van der Waals surface area contributed by atoms with Crippen molar-refractivity contribution < 1.29 is 28.0 Å². The van der Waals surface area contributed by atoms with Gasteiger partial charge in [-0.1, -0.05) is 58.0 Å². The highest BCUT2D eigenvalue weighted by molar-refractivity contribution is 7.85. The quantitative estimate of drug-likeness (QED) is 0.111. The van der Waals surface area contributed by atoms with E-state index in [2.05, 4.69) is 41.1 Å². The van der Waals surface area contributed by atoms with Gasteiger partial charge in [0.05, 0.1) is 36.8 Å². The molecule has 0 bridgehead atoms. The van der Waals surface area contributed by atoms with E-state index < -0.39 is 17.0 Å². The molecule has 1 atom stereocenters. The summed E-state index contributed by atoms with van der Waals surface area (Å²) < 4.78 is 32.5. The van der Waals surface area contributed by atoms with Gasteiger partial charge in [0.15, 0.2) is 11.5 Å². The topological polar surface area (TPSA) is 128 Å². The fourth-order valence-corrected chi connectivity index (χ4v) is 6.03. The molecule has 50 heavy (non-hydrogen) atoms. The first-order valence-corrected chi connectivity index (χ1v) is 17.7. The Labute approximate surface area is 295 Å². The fourth-order valence-electron chi connectivity index (χ4n) is 5.57. The molecule has 0 spiro atoms. The standard InChI is InChI=1S/C39H42N4O6S/c1-8-34(44)30-14-13-24(20-36(30)47-5)19-26-23-27(17-18-40-26)49-35-16-15-31(28-11-9-10-12-29(28)35)41-38(45)42-32-21-25(39(2,3)4)22-33(37(32)48-6)43-50(7)46/h9-18,20-23,43H,8,19H2,1-7H3,(H2,41,42,45). The summed E-state index contributed by atoms with van der Waals surface area (Å²) in [6.45, 7) is 8.00. The predicted molar refractivity (Wildman–Crippen MR) is 201 cm³/mol. The largest absolute Gasteiger partial charge is 0.496 e. The molecule has 3 N–H and O–H groups in total. The predicted octanol–water partition coefficient (Wildman–Crippen LogP) is 8.87. The Bertz CT molecular complexity index is 2070. The summed E-state index contributed by atoms with van der Waals surface area (Å²) in [6, 6.07) is 23.8. The van der Waals surface area contributed by atoms with Crippen LogP contribution < -0.4 is 29.6 Å². The van der Waals surface area contributed by atoms with Gasteiger partial charge in [-0.05, 0) is 59.0 Å². The maximum Gasteiger partial charge on any atom is 0.323 e. The van der Waals surface area contributed by atoms with Gasteiger partial charge in [0.2, 0.25) is 0 Å². The lowest BCUT2D eigenvalue weighted by molar-refractivity contribution is 0.0985. The lowest BCUT2D eigenvalue weighted by Crippen LogP contribution is -2.21. The van der Waals surface area contributed by atoms with Crippen molar-refractivity contribution in [3.63, 3.8) is 0 Å². The van der Waals surface area contributed by atoms with Crippen LogP contribution in [0, 0.1) is 0 Å². The number of anilines is 3. The number of hydrogen-bond donors (Lipinski definition) is 3.